The average Bonchev–Trinajstić information content (AvgIpc) is 3.27. The molecule has 0 saturated carbocycles. The number of rotatable bonds is 3. The summed E-state index contributed by atoms with van der Waals surface area (Å²) in [5.74, 6) is -0.219. The molecule has 2 heterocycles. The van der Waals surface area contributed by atoms with E-state index in [1.165, 1.54) is 0 Å². The summed E-state index contributed by atoms with van der Waals surface area (Å²) in [4.78, 5) is 12.6. The summed E-state index contributed by atoms with van der Waals surface area (Å²) >= 11 is 0. The van der Waals surface area contributed by atoms with Gasteiger partial charge < -0.3 is 5.32 Å². The third-order valence-electron chi connectivity index (χ3n) is 4.36. The number of nitriles is 1. The number of aryl methyl sites for hydroxylation is 2. The second-order valence-electron chi connectivity index (χ2n) is 6.30. The molecule has 4 rings (SSSR count). The molecule has 0 saturated heterocycles. The van der Waals surface area contributed by atoms with Crippen LogP contribution in [0.2, 0.25) is 0 Å². The van der Waals surface area contributed by atoms with Crippen molar-refractivity contribution >= 4 is 22.5 Å². The molecule has 0 unspecified atom stereocenters. The Morgan fingerprint density at radius 2 is 2.00 bits per heavy atom. The number of carbonyl (C=O) groups is 1. The number of benzene rings is 2. The van der Waals surface area contributed by atoms with Crippen molar-refractivity contribution < 1.29 is 4.79 Å². The van der Waals surface area contributed by atoms with Crippen LogP contribution in [0.4, 0.5) is 5.69 Å². The maximum absolute atomic E-state index is 12.6. The summed E-state index contributed by atoms with van der Waals surface area (Å²) in [6.45, 7) is 1.82. The van der Waals surface area contributed by atoms with Crippen LogP contribution in [0.25, 0.3) is 16.6 Å². The van der Waals surface area contributed by atoms with Crippen molar-refractivity contribution in [2.45, 2.75) is 6.92 Å². The van der Waals surface area contributed by atoms with E-state index < -0.39 is 0 Å². The third kappa shape index (κ3) is 3.04. The smallest absolute Gasteiger partial charge is 0.255 e. The van der Waals surface area contributed by atoms with E-state index in [2.05, 4.69) is 21.6 Å². The van der Waals surface area contributed by atoms with Gasteiger partial charge in [-0.05, 0) is 48.9 Å². The standard InChI is InChI=1S/C20H16N6O/c1-13-7-14(9-21)3-6-18(13)20(27)24-16-5-4-15-10-23-26(19(15)8-16)17-11-22-25(2)12-17/h3-8,10-12H,1-2H3,(H,24,27). The lowest BCUT2D eigenvalue weighted by Crippen LogP contribution is -2.13. The number of fused-ring (bicyclic) bond motifs is 1. The molecule has 0 radical (unpaired) electrons. The fourth-order valence-corrected chi connectivity index (χ4v) is 3.01. The van der Waals surface area contributed by atoms with Gasteiger partial charge in [-0.15, -0.1) is 0 Å². The van der Waals surface area contributed by atoms with Crippen LogP contribution in [0.1, 0.15) is 21.5 Å². The van der Waals surface area contributed by atoms with E-state index in [-0.39, 0.29) is 5.91 Å². The molecular formula is C20H16N6O. The highest BCUT2D eigenvalue weighted by Gasteiger charge is 2.12. The van der Waals surface area contributed by atoms with Gasteiger partial charge in [0.15, 0.2) is 0 Å². The Labute approximate surface area is 155 Å². The molecule has 0 aliphatic heterocycles. The number of hydrogen-bond acceptors (Lipinski definition) is 4. The van der Waals surface area contributed by atoms with Crippen LogP contribution in [-0.4, -0.2) is 25.5 Å². The Morgan fingerprint density at radius 1 is 1.15 bits per heavy atom. The topological polar surface area (TPSA) is 88.5 Å². The Kier molecular flexibility index (Phi) is 3.94. The maximum atomic E-state index is 12.6. The first-order valence-corrected chi connectivity index (χ1v) is 8.34. The lowest BCUT2D eigenvalue weighted by Gasteiger charge is -2.09. The highest BCUT2D eigenvalue weighted by Crippen LogP contribution is 2.23. The van der Waals surface area contributed by atoms with Gasteiger partial charge in [0.1, 0.15) is 5.69 Å². The van der Waals surface area contributed by atoms with Gasteiger partial charge in [-0.2, -0.15) is 15.5 Å². The summed E-state index contributed by atoms with van der Waals surface area (Å²) in [5, 5.41) is 21.4. The Morgan fingerprint density at radius 3 is 2.70 bits per heavy atom. The van der Waals surface area contributed by atoms with Crippen LogP contribution < -0.4 is 5.32 Å². The van der Waals surface area contributed by atoms with Crippen molar-refractivity contribution in [1.29, 1.82) is 5.26 Å². The SMILES string of the molecule is Cc1cc(C#N)ccc1C(=O)Nc1ccc2cnn(-c3cnn(C)c3)c2c1. The molecular weight excluding hydrogens is 340 g/mol. The Hall–Kier alpha value is -3.92. The van der Waals surface area contributed by atoms with Crippen molar-refractivity contribution in [3.63, 3.8) is 0 Å². The van der Waals surface area contributed by atoms with Crippen LogP contribution in [-0.2, 0) is 7.05 Å². The molecule has 4 aromatic rings. The first-order chi connectivity index (χ1) is 13.0. The number of anilines is 1. The number of nitrogens with zero attached hydrogens (tertiary/aromatic N) is 5. The lowest BCUT2D eigenvalue weighted by atomic mass is 10.0. The summed E-state index contributed by atoms with van der Waals surface area (Å²) in [6.07, 6.45) is 5.38. The van der Waals surface area contributed by atoms with Gasteiger partial charge in [0.05, 0.1) is 35.7 Å². The molecule has 1 N–H and O–H groups in total. The molecule has 1 amide bonds. The molecule has 0 spiro atoms. The van der Waals surface area contributed by atoms with Crippen LogP contribution >= 0.6 is 0 Å². The van der Waals surface area contributed by atoms with E-state index >= 15 is 0 Å². The molecule has 2 aromatic carbocycles. The predicted molar refractivity (Wildman–Crippen MR) is 102 cm³/mol. The van der Waals surface area contributed by atoms with E-state index in [1.54, 1.807) is 40.0 Å². The number of hydrogen-bond donors (Lipinski definition) is 1. The molecule has 2 aromatic heterocycles. The average molecular weight is 356 g/mol. The van der Waals surface area contributed by atoms with Gasteiger partial charge in [-0.3, -0.25) is 9.48 Å². The molecule has 132 valence electrons. The quantitative estimate of drug-likeness (QED) is 0.610. The molecule has 7 nitrogen and oxygen atoms in total. The summed E-state index contributed by atoms with van der Waals surface area (Å²) in [6, 6.07) is 12.7. The number of carbonyl (C=O) groups excluding carboxylic acids is 1. The van der Waals surface area contributed by atoms with Gasteiger partial charge in [0, 0.05) is 23.7 Å². The molecule has 0 atom stereocenters. The van der Waals surface area contributed by atoms with Crippen LogP contribution in [0, 0.1) is 18.3 Å². The monoisotopic (exact) mass is 356 g/mol. The largest absolute Gasteiger partial charge is 0.322 e. The first kappa shape index (κ1) is 16.5. The van der Waals surface area contributed by atoms with E-state index in [0.29, 0.717) is 16.8 Å². The number of amides is 1. The summed E-state index contributed by atoms with van der Waals surface area (Å²) in [7, 11) is 1.85. The fraction of sp³-hybridized carbons (Fsp3) is 0.100. The normalized spacial score (nSPS) is 10.7. The second kappa shape index (κ2) is 6.42. The van der Waals surface area contributed by atoms with Crippen LogP contribution in [0.5, 0.6) is 0 Å². The van der Waals surface area contributed by atoms with E-state index in [0.717, 1.165) is 22.2 Å². The number of aromatic nitrogens is 4. The minimum atomic E-state index is -0.219. The zero-order valence-electron chi connectivity index (χ0n) is 14.8. The maximum Gasteiger partial charge on any atom is 0.255 e. The number of nitrogens with one attached hydrogen (secondary N) is 1. The molecule has 7 heteroatoms. The second-order valence-corrected chi connectivity index (χ2v) is 6.30. The van der Waals surface area contributed by atoms with E-state index in [9.17, 15) is 4.79 Å². The zero-order valence-corrected chi connectivity index (χ0v) is 14.8. The Bertz CT molecular complexity index is 1210. The van der Waals surface area contributed by atoms with Crippen LogP contribution in [0.15, 0.2) is 55.0 Å². The van der Waals surface area contributed by atoms with Crippen molar-refractivity contribution in [1.82, 2.24) is 19.6 Å². The minimum absolute atomic E-state index is 0.219. The molecule has 27 heavy (non-hydrogen) atoms. The van der Waals surface area contributed by atoms with Crippen molar-refractivity contribution in [2.24, 2.45) is 7.05 Å². The predicted octanol–water partition coefficient (Wildman–Crippen LogP) is 3.19. The minimum Gasteiger partial charge on any atom is -0.322 e. The van der Waals surface area contributed by atoms with Crippen molar-refractivity contribution in [3.8, 4) is 11.8 Å². The summed E-state index contributed by atoms with van der Waals surface area (Å²) in [5.41, 5.74) is 4.21. The molecule has 0 aliphatic carbocycles. The highest BCUT2D eigenvalue weighted by molar-refractivity contribution is 6.06. The van der Waals surface area contributed by atoms with Gasteiger partial charge in [-0.25, -0.2) is 4.68 Å². The Balaban J connectivity index is 1.66. The third-order valence-corrected chi connectivity index (χ3v) is 4.36. The lowest BCUT2D eigenvalue weighted by molar-refractivity contribution is 0.102. The van der Waals surface area contributed by atoms with Crippen molar-refractivity contribution in [2.75, 3.05) is 5.32 Å². The highest BCUT2D eigenvalue weighted by atomic mass is 16.1. The molecule has 0 bridgehead atoms. The van der Waals surface area contributed by atoms with Gasteiger partial charge >= 0.3 is 0 Å². The van der Waals surface area contributed by atoms with Crippen molar-refractivity contribution in [3.05, 3.63) is 71.7 Å². The van der Waals surface area contributed by atoms with E-state index in [1.807, 2.05) is 38.4 Å². The fourth-order valence-electron chi connectivity index (χ4n) is 3.01. The molecule has 0 fully saturated rings. The van der Waals surface area contributed by atoms with Gasteiger partial charge in [0.25, 0.3) is 5.91 Å². The van der Waals surface area contributed by atoms with Crippen LogP contribution in [0.3, 0.4) is 0 Å². The zero-order chi connectivity index (χ0) is 19.0. The molecule has 0 aliphatic rings. The van der Waals surface area contributed by atoms with E-state index in [4.69, 9.17) is 5.26 Å². The van der Waals surface area contributed by atoms with Gasteiger partial charge in [0.2, 0.25) is 0 Å². The summed E-state index contributed by atoms with van der Waals surface area (Å²) < 4.78 is 3.49. The van der Waals surface area contributed by atoms with Gasteiger partial charge in [-0.1, -0.05) is 0 Å². The first-order valence-electron chi connectivity index (χ1n) is 8.34.